The number of hydrogen-bond donors (Lipinski definition) is 2. The monoisotopic (exact) mass is 477 g/mol. The number of methoxy groups -OCH3 is 1. The topological polar surface area (TPSA) is 128 Å². The number of H-pyrrole nitrogens is 1. The number of hydrogen-bond acceptors (Lipinski definition) is 7. The van der Waals surface area contributed by atoms with Crippen LogP contribution >= 0.6 is 0 Å². The zero-order chi connectivity index (χ0) is 24.0. The van der Waals surface area contributed by atoms with Gasteiger partial charge in [0.15, 0.2) is 11.3 Å². The molecule has 0 aliphatic carbocycles. The van der Waals surface area contributed by atoms with Crippen molar-refractivity contribution in [3.05, 3.63) is 40.1 Å². The molecule has 2 aromatic heterocycles. The van der Waals surface area contributed by atoms with Gasteiger partial charge in [-0.25, -0.2) is 22.6 Å². The molecule has 3 aromatic rings. The van der Waals surface area contributed by atoms with E-state index >= 15 is 0 Å². The molecule has 1 aromatic carbocycles. The molecule has 0 amide bonds. The molecule has 11 heteroatoms. The molecule has 2 N–H and O–H groups in total. The molecule has 0 saturated heterocycles. The average Bonchev–Trinajstić information content (AvgIpc) is 3.10. The molecule has 180 valence electrons. The van der Waals surface area contributed by atoms with Crippen LogP contribution in [0.3, 0.4) is 0 Å². The number of imidazole rings is 1. The standard InChI is InChI=1S/C22H31N5O5S/c1-5-7-8-9-19-24-15(3)20-22(28)25-21(26-27(19)20)17-14-16(10-11-18(17)32-6-2)33(29,30)23-12-13-31-4/h10-11,14,23H,5-9,12-13H2,1-4H3,(H,25,26,28). The minimum absolute atomic E-state index is 0.0322. The van der Waals surface area contributed by atoms with Crippen molar-refractivity contribution in [3.8, 4) is 17.1 Å². The Bertz CT molecular complexity index is 1270. The third kappa shape index (κ3) is 5.60. The predicted molar refractivity (Wildman–Crippen MR) is 125 cm³/mol. The lowest BCUT2D eigenvalue weighted by Gasteiger charge is -2.13. The normalized spacial score (nSPS) is 11.9. The van der Waals surface area contributed by atoms with Crippen molar-refractivity contribution in [1.29, 1.82) is 0 Å². The number of aromatic nitrogens is 4. The minimum atomic E-state index is -3.79. The van der Waals surface area contributed by atoms with Crippen LogP contribution in [-0.4, -0.2) is 54.9 Å². The van der Waals surface area contributed by atoms with E-state index in [1.807, 2.05) is 6.92 Å². The van der Waals surface area contributed by atoms with Gasteiger partial charge in [0.2, 0.25) is 10.0 Å². The molecule has 0 radical (unpaired) electrons. The summed E-state index contributed by atoms with van der Waals surface area (Å²) in [5, 5.41) is 4.63. The fraction of sp³-hybridized carbons (Fsp3) is 0.500. The van der Waals surface area contributed by atoms with Gasteiger partial charge in [0.25, 0.3) is 5.56 Å². The molecule has 0 fully saturated rings. The van der Waals surface area contributed by atoms with Gasteiger partial charge in [-0.15, -0.1) is 5.10 Å². The first-order chi connectivity index (χ1) is 15.8. The van der Waals surface area contributed by atoms with E-state index in [9.17, 15) is 13.2 Å². The van der Waals surface area contributed by atoms with Gasteiger partial charge >= 0.3 is 0 Å². The lowest BCUT2D eigenvalue weighted by Crippen LogP contribution is -2.27. The molecular formula is C22H31N5O5S. The second-order valence-electron chi connectivity index (χ2n) is 7.62. The van der Waals surface area contributed by atoms with Gasteiger partial charge in [-0.3, -0.25) is 4.79 Å². The van der Waals surface area contributed by atoms with E-state index in [-0.39, 0.29) is 29.4 Å². The van der Waals surface area contributed by atoms with Crippen molar-refractivity contribution < 1.29 is 17.9 Å². The van der Waals surface area contributed by atoms with Gasteiger partial charge in [-0.05, 0) is 38.5 Å². The molecule has 0 unspecified atom stereocenters. The molecule has 33 heavy (non-hydrogen) atoms. The maximum Gasteiger partial charge on any atom is 0.277 e. The molecular weight excluding hydrogens is 446 g/mol. The highest BCUT2D eigenvalue weighted by Gasteiger charge is 2.20. The Labute approximate surface area is 193 Å². The summed E-state index contributed by atoms with van der Waals surface area (Å²) >= 11 is 0. The van der Waals surface area contributed by atoms with E-state index in [0.29, 0.717) is 41.4 Å². The number of nitrogens with zero attached hydrogens (tertiary/aromatic N) is 3. The van der Waals surface area contributed by atoms with Crippen LogP contribution in [0, 0.1) is 6.92 Å². The second-order valence-corrected chi connectivity index (χ2v) is 9.38. The van der Waals surface area contributed by atoms with Crippen molar-refractivity contribution >= 4 is 15.5 Å². The lowest BCUT2D eigenvalue weighted by atomic mass is 10.2. The van der Waals surface area contributed by atoms with E-state index in [2.05, 4.69) is 26.7 Å². The number of nitrogens with one attached hydrogen (secondary N) is 2. The summed E-state index contributed by atoms with van der Waals surface area (Å²) in [5.41, 5.74) is 1.01. The summed E-state index contributed by atoms with van der Waals surface area (Å²) < 4.78 is 40.1. The molecule has 3 rings (SSSR count). The smallest absolute Gasteiger partial charge is 0.277 e. The summed E-state index contributed by atoms with van der Waals surface area (Å²) in [6.45, 7) is 6.47. The highest BCUT2D eigenvalue weighted by Crippen LogP contribution is 2.30. The van der Waals surface area contributed by atoms with Crippen LogP contribution < -0.4 is 15.0 Å². The SMILES string of the molecule is CCCCCc1nc(C)c2c(=O)[nH]c(-c3cc(S(=O)(=O)NCCOC)ccc3OCC)nn12. The number of rotatable bonds is 12. The van der Waals surface area contributed by atoms with Gasteiger partial charge < -0.3 is 14.5 Å². The van der Waals surface area contributed by atoms with E-state index in [1.54, 1.807) is 17.5 Å². The third-order valence-electron chi connectivity index (χ3n) is 5.16. The summed E-state index contributed by atoms with van der Waals surface area (Å²) in [6.07, 6.45) is 3.74. The van der Waals surface area contributed by atoms with Crippen LogP contribution in [0.1, 0.15) is 44.6 Å². The summed E-state index contributed by atoms with van der Waals surface area (Å²) in [6, 6.07) is 4.47. The van der Waals surface area contributed by atoms with Crippen LogP contribution in [-0.2, 0) is 21.2 Å². The van der Waals surface area contributed by atoms with Crippen LogP contribution in [0.25, 0.3) is 16.9 Å². The van der Waals surface area contributed by atoms with E-state index in [4.69, 9.17) is 9.47 Å². The Morgan fingerprint density at radius 2 is 2.00 bits per heavy atom. The minimum Gasteiger partial charge on any atom is -0.493 e. The number of aromatic amines is 1. The number of ether oxygens (including phenoxy) is 2. The Morgan fingerprint density at radius 3 is 2.70 bits per heavy atom. The van der Waals surface area contributed by atoms with Crippen LogP contribution in [0.4, 0.5) is 0 Å². The number of aryl methyl sites for hydroxylation is 2. The Hall–Kier alpha value is -2.76. The van der Waals surface area contributed by atoms with Crippen molar-refractivity contribution in [2.45, 2.75) is 51.3 Å². The van der Waals surface area contributed by atoms with E-state index < -0.39 is 10.0 Å². The number of fused-ring (bicyclic) bond motifs is 1. The first-order valence-corrected chi connectivity index (χ1v) is 12.5. The second kappa shape index (κ2) is 10.9. The maximum absolute atomic E-state index is 12.9. The van der Waals surface area contributed by atoms with Gasteiger partial charge in [0.1, 0.15) is 11.6 Å². The van der Waals surface area contributed by atoms with Crippen molar-refractivity contribution in [1.82, 2.24) is 24.3 Å². The Balaban J connectivity index is 2.12. The molecule has 0 saturated carbocycles. The van der Waals surface area contributed by atoms with Crippen molar-refractivity contribution in [2.24, 2.45) is 0 Å². The highest BCUT2D eigenvalue weighted by molar-refractivity contribution is 7.89. The van der Waals surface area contributed by atoms with E-state index in [1.165, 1.54) is 19.2 Å². The molecule has 2 heterocycles. The maximum atomic E-state index is 12.9. The zero-order valence-electron chi connectivity index (χ0n) is 19.5. The van der Waals surface area contributed by atoms with Crippen molar-refractivity contribution in [3.63, 3.8) is 0 Å². The number of benzene rings is 1. The number of sulfonamides is 1. The van der Waals surface area contributed by atoms with Gasteiger partial charge in [0, 0.05) is 20.1 Å². The average molecular weight is 478 g/mol. The van der Waals surface area contributed by atoms with Crippen molar-refractivity contribution in [2.75, 3.05) is 26.9 Å². The van der Waals surface area contributed by atoms with Gasteiger partial charge in [0.05, 0.1) is 29.4 Å². The molecule has 0 atom stereocenters. The first-order valence-electron chi connectivity index (χ1n) is 11.1. The molecule has 0 aliphatic rings. The third-order valence-corrected chi connectivity index (χ3v) is 6.62. The predicted octanol–water partition coefficient (Wildman–Crippen LogP) is 2.45. The number of unbranched alkanes of at least 4 members (excludes halogenated alkanes) is 2. The molecule has 0 spiro atoms. The largest absolute Gasteiger partial charge is 0.493 e. The molecule has 0 aliphatic heterocycles. The first kappa shape index (κ1) is 24.9. The fourth-order valence-electron chi connectivity index (χ4n) is 3.56. The quantitative estimate of drug-likeness (QED) is 0.384. The van der Waals surface area contributed by atoms with Crippen LogP contribution in [0.2, 0.25) is 0 Å². The zero-order valence-corrected chi connectivity index (χ0v) is 20.3. The molecule has 0 bridgehead atoms. The van der Waals surface area contributed by atoms with Crippen LogP contribution in [0.5, 0.6) is 5.75 Å². The Morgan fingerprint density at radius 1 is 1.21 bits per heavy atom. The highest BCUT2D eigenvalue weighted by atomic mass is 32.2. The lowest BCUT2D eigenvalue weighted by molar-refractivity contribution is 0.204. The van der Waals surface area contributed by atoms with Gasteiger partial charge in [-0.2, -0.15) is 0 Å². The summed E-state index contributed by atoms with van der Waals surface area (Å²) in [5.74, 6) is 1.32. The van der Waals surface area contributed by atoms with Crippen LogP contribution in [0.15, 0.2) is 27.9 Å². The summed E-state index contributed by atoms with van der Waals surface area (Å²) in [7, 11) is -2.30. The van der Waals surface area contributed by atoms with Gasteiger partial charge in [-0.1, -0.05) is 19.8 Å². The fourth-order valence-corrected chi connectivity index (χ4v) is 4.60. The summed E-state index contributed by atoms with van der Waals surface area (Å²) in [4.78, 5) is 20.3. The Kier molecular flexibility index (Phi) is 8.22. The van der Waals surface area contributed by atoms with E-state index in [0.717, 1.165) is 19.3 Å². The molecule has 10 nitrogen and oxygen atoms in total.